The molecule has 0 spiro atoms. The maximum absolute atomic E-state index is 12.2. The van der Waals surface area contributed by atoms with Crippen LogP contribution in [-0.4, -0.2) is 45.0 Å². The highest BCUT2D eigenvalue weighted by Crippen LogP contribution is 2.46. The number of hydrogen-bond donors (Lipinski definition) is 2. The first-order valence-electron chi connectivity index (χ1n) is 10.7. The van der Waals surface area contributed by atoms with Gasteiger partial charge in [-0.2, -0.15) is 0 Å². The molecule has 0 aliphatic heterocycles. The summed E-state index contributed by atoms with van der Waals surface area (Å²) in [6, 6.07) is 0. The van der Waals surface area contributed by atoms with Crippen LogP contribution in [-0.2, 0) is 11.2 Å². The lowest BCUT2D eigenvalue weighted by atomic mass is 9.82. The number of amides is 1. The van der Waals surface area contributed by atoms with Crippen molar-refractivity contribution < 1.29 is 19.4 Å². The van der Waals surface area contributed by atoms with Crippen LogP contribution in [0.25, 0.3) is 10.2 Å². The quantitative estimate of drug-likeness (QED) is 0.746. The van der Waals surface area contributed by atoms with Gasteiger partial charge in [-0.3, -0.25) is 0 Å². The van der Waals surface area contributed by atoms with Crippen molar-refractivity contribution in [3.63, 3.8) is 0 Å². The van der Waals surface area contributed by atoms with E-state index >= 15 is 0 Å². The van der Waals surface area contributed by atoms with Crippen LogP contribution < -0.4 is 10.1 Å². The maximum atomic E-state index is 12.2. The number of hydrogen-bond acceptors (Lipinski definition) is 7. The molecule has 1 fully saturated rings. The molecule has 0 unspecified atom stereocenters. The van der Waals surface area contributed by atoms with E-state index in [0.29, 0.717) is 5.88 Å². The Balaban J connectivity index is 1.44. The first kappa shape index (κ1) is 21.3. The minimum Gasteiger partial charge on any atom is -0.474 e. The van der Waals surface area contributed by atoms with Gasteiger partial charge in [0.15, 0.2) is 0 Å². The number of ether oxygens (including phenoxy) is 2. The smallest absolute Gasteiger partial charge is 0.408 e. The zero-order valence-corrected chi connectivity index (χ0v) is 19.0. The highest BCUT2D eigenvalue weighted by atomic mass is 32.1. The third-order valence-electron chi connectivity index (χ3n) is 6.03. The van der Waals surface area contributed by atoms with E-state index in [1.165, 1.54) is 10.4 Å². The lowest BCUT2D eigenvalue weighted by molar-refractivity contribution is 0.0385. The molecule has 8 heteroatoms. The van der Waals surface area contributed by atoms with Crippen molar-refractivity contribution in [1.82, 2.24) is 15.3 Å². The van der Waals surface area contributed by atoms with E-state index in [-0.39, 0.29) is 30.3 Å². The van der Waals surface area contributed by atoms with Gasteiger partial charge >= 0.3 is 6.09 Å². The number of aryl methyl sites for hydroxylation is 1. The van der Waals surface area contributed by atoms with Crippen LogP contribution in [0.1, 0.15) is 76.2 Å². The monoisotopic (exact) mass is 433 g/mol. The van der Waals surface area contributed by atoms with Crippen molar-refractivity contribution in [2.24, 2.45) is 0 Å². The summed E-state index contributed by atoms with van der Waals surface area (Å²) < 4.78 is 11.8. The fourth-order valence-corrected chi connectivity index (χ4v) is 5.72. The van der Waals surface area contributed by atoms with Crippen molar-refractivity contribution in [1.29, 1.82) is 0 Å². The van der Waals surface area contributed by atoms with Crippen LogP contribution in [0.4, 0.5) is 4.79 Å². The van der Waals surface area contributed by atoms with Gasteiger partial charge < -0.3 is 19.9 Å². The number of nitrogens with zero attached hydrogens (tertiary/aromatic N) is 2. The molecule has 2 heterocycles. The topological polar surface area (TPSA) is 93.6 Å². The lowest BCUT2D eigenvalue weighted by Crippen LogP contribution is -2.51. The summed E-state index contributed by atoms with van der Waals surface area (Å²) >= 11 is 1.69. The lowest BCUT2D eigenvalue weighted by Gasteiger charge is -2.38. The minimum absolute atomic E-state index is 0.0427. The predicted molar refractivity (Wildman–Crippen MR) is 116 cm³/mol. The van der Waals surface area contributed by atoms with Crippen molar-refractivity contribution in [2.45, 2.75) is 89.4 Å². The van der Waals surface area contributed by atoms with Crippen molar-refractivity contribution in [3.8, 4) is 5.88 Å². The number of fused-ring (bicyclic) bond motifs is 3. The molecule has 4 rings (SSSR count). The van der Waals surface area contributed by atoms with E-state index in [1.54, 1.807) is 17.7 Å². The third kappa shape index (κ3) is 4.39. The highest BCUT2D eigenvalue weighted by molar-refractivity contribution is 7.19. The molecule has 0 radical (unpaired) electrons. The molecule has 7 nitrogen and oxygen atoms in total. The largest absolute Gasteiger partial charge is 0.474 e. The second kappa shape index (κ2) is 7.96. The normalized spacial score (nSPS) is 26.4. The van der Waals surface area contributed by atoms with Gasteiger partial charge in [0.25, 0.3) is 0 Å². The Labute approximate surface area is 181 Å². The van der Waals surface area contributed by atoms with E-state index in [0.717, 1.165) is 48.7 Å². The third-order valence-corrected chi connectivity index (χ3v) is 7.21. The van der Waals surface area contributed by atoms with Gasteiger partial charge in [0.2, 0.25) is 5.88 Å². The molecule has 2 aromatic rings. The Kier molecular flexibility index (Phi) is 5.66. The standard InChI is InChI=1S/C22H31N3O4S/c1-21(2,3)29-20(27)25-22(4)9-7-14(8-10-22)28-18-17-16-13(11-26)5-6-15(16)30-19(17)24-12-23-18/h12-14,26H,5-11H2,1-4H3,(H,25,27)/t13-,14?,22?/m1/s1. The van der Waals surface area contributed by atoms with E-state index in [2.05, 4.69) is 22.2 Å². The second-order valence-corrected chi connectivity index (χ2v) is 10.8. The molecule has 1 amide bonds. The number of rotatable bonds is 4. The average Bonchev–Trinajstić information content (AvgIpc) is 3.21. The molecule has 164 valence electrons. The molecule has 0 aromatic carbocycles. The molecule has 1 atom stereocenters. The molecule has 2 aromatic heterocycles. The summed E-state index contributed by atoms with van der Waals surface area (Å²) in [7, 11) is 0. The van der Waals surface area contributed by atoms with Gasteiger partial charge in [0.05, 0.1) is 12.0 Å². The molecular weight excluding hydrogens is 402 g/mol. The van der Waals surface area contributed by atoms with Gasteiger partial charge in [0.1, 0.15) is 22.9 Å². The van der Waals surface area contributed by atoms with Crippen LogP contribution in [0.5, 0.6) is 5.88 Å². The van der Waals surface area contributed by atoms with E-state index in [1.807, 2.05) is 20.8 Å². The Morgan fingerprint density at radius 1 is 1.30 bits per heavy atom. The number of aliphatic hydroxyl groups is 1. The van der Waals surface area contributed by atoms with Crippen LogP contribution in [0.3, 0.4) is 0 Å². The molecule has 2 aliphatic rings. The van der Waals surface area contributed by atoms with Crippen molar-refractivity contribution in [2.75, 3.05) is 6.61 Å². The molecule has 0 saturated heterocycles. The first-order valence-corrected chi connectivity index (χ1v) is 11.5. The molecule has 2 N–H and O–H groups in total. The van der Waals surface area contributed by atoms with Crippen molar-refractivity contribution in [3.05, 3.63) is 16.8 Å². The Morgan fingerprint density at radius 3 is 2.70 bits per heavy atom. The average molecular weight is 434 g/mol. The summed E-state index contributed by atoms with van der Waals surface area (Å²) in [5, 5.41) is 13.8. The van der Waals surface area contributed by atoms with E-state index in [4.69, 9.17) is 9.47 Å². The Bertz CT molecular complexity index is 928. The van der Waals surface area contributed by atoms with Gasteiger partial charge in [-0.05, 0) is 71.8 Å². The number of thiophene rings is 1. The summed E-state index contributed by atoms with van der Waals surface area (Å²) in [6.45, 7) is 7.80. The summed E-state index contributed by atoms with van der Waals surface area (Å²) in [4.78, 5) is 23.3. The van der Waals surface area contributed by atoms with Gasteiger partial charge in [-0.15, -0.1) is 11.3 Å². The van der Waals surface area contributed by atoms with Crippen LogP contribution in [0.15, 0.2) is 6.33 Å². The summed E-state index contributed by atoms with van der Waals surface area (Å²) in [6.07, 6.45) is 6.47. The Morgan fingerprint density at radius 2 is 2.03 bits per heavy atom. The molecule has 2 aliphatic carbocycles. The minimum atomic E-state index is -0.508. The van der Waals surface area contributed by atoms with Crippen LogP contribution in [0.2, 0.25) is 0 Å². The fourth-order valence-electron chi connectivity index (χ4n) is 4.49. The SMILES string of the molecule is CC1(NC(=O)OC(C)(C)C)CCC(Oc2ncnc3sc4c(c23)[C@@H](CO)CC4)CC1. The number of aliphatic hydroxyl groups excluding tert-OH is 1. The second-order valence-electron chi connectivity index (χ2n) is 9.72. The van der Waals surface area contributed by atoms with E-state index < -0.39 is 5.60 Å². The number of aromatic nitrogens is 2. The molecule has 0 bridgehead atoms. The first-order chi connectivity index (χ1) is 14.2. The van der Waals surface area contributed by atoms with Crippen molar-refractivity contribution >= 4 is 27.6 Å². The van der Waals surface area contributed by atoms with E-state index in [9.17, 15) is 9.90 Å². The molecular formula is C22H31N3O4S. The molecule has 1 saturated carbocycles. The van der Waals surface area contributed by atoms with Gasteiger partial charge in [-0.1, -0.05) is 0 Å². The van der Waals surface area contributed by atoms with Gasteiger partial charge in [-0.25, -0.2) is 14.8 Å². The molecule has 30 heavy (non-hydrogen) atoms. The summed E-state index contributed by atoms with van der Waals surface area (Å²) in [5.74, 6) is 0.779. The maximum Gasteiger partial charge on any atom is 0.408 e. The highest BCUT2D eigenvalue weighted by Gasteiger charge is 2.36. The van der Waals surface area contributed by atoms with Crippen LogP contribution in [0, 0.1) is 0 Å². The zero-order valence-electron chi connectivity index (χ0n) is 18.2. The summed E-state index contributed by atoms with van der Waals surface area (Å²) in [5.41, 5.74) is 0.376. The number of carbonyl (C=O) groups is 1. The number of alkyl carbamates (subject to hydrolysis) is 1. The zero-order chi connectivity index (χ0) is 21.5. The number of nitrogens with one attached hydrogen (secondary N) is 1. The van der Waals surface area contributed by atoms with Gasteiger partial charge in [0, 0.05) is 16.3 Å². The predicted octanol–water partition coefficient (Wildman–Crippen LogP) is 4.32. The Hall–Kier alpha value is -1.93. The fraction of sp³-hybridized carbons (Fsp3) is 0.682. The van der Waals surface area contributed by atoms with Crippen LogP contribution >= 0.6 is 11.3 Å². The number of carbonyl (C=O) groups excluding carboxylic acids is 1.